The van der Waals surface area contributed by atoms with E-state index in [2.05, 4.69) is 11.3 Å². The molecule has 1 aliphatic rings. The molecule has 25 heavy (non-hydrogen) atoms. The highest BCUT2D eigenvalue weighted by molar-refractivity contribution is 5.86. The Balaban J connectivity index is 2.77. The van der Waals surface area contributed by atoms with E-state index in [4.69, 9.17) is 4.74 Å². The third-order valence-corrected chi connectivity index (χ3v) is 3.87. The highest BCUT2D eigenvalue weighted by Crippen LogP contribution is 2.39. The number of hydrogen-bond acceptors (Lipinski definition) is 4. The van der Waals surface area contributed by atoms with Crippen LogP contribution in [0, 0.1) is 5.92 Å². The predicted molar refractivity (Wildman–Crippen MR) is 77.8 cm³/mol. The minimum absolute atomic E-state index is 0.0556. The largest absolute Gasteiger partial charge is 0.458 e. The third-order valence-electron chi connectivity index (χ3n) is 3.87. The summed E-state index contributed by atoms with van der Waals surface area (Å²) in [6.45, 7) is 3.67. The molecule has 0 radical (unpaired) electrons. The van der Waals surface area contributed by atoms with Crippen molar-refractivity contribution >= 4 is 11.9 Å². The Morgan fingerprint density at radius 1 is 1.12 bits per heavy atom. The predicted octanol–water partition coefficient (Wildman–Crippen LogP) is 4.19. The second kappa shape index (κ2) is 8.62. The van der Waals surface area contributed by atoms with Gasteiger partial charge >= 0.3 is 24.0 Å². The fraction of sp³-hybridized carbons (Fsp3) is 0.750. The van der Waals surface area contributed by atoms with Crippen LogP contribution < -0.4 is 0 Å². The van der Waals surface area contributed by atoms with E-state index in [0.717, 1.165) is 19.3 Å². The van der Waals surface area contributed by atoms with Crippen LogP contribution in [0.2, 0.25) is 0 Å². The molecule has 0 bridgehead atoms. The van der Waals surface area contributed by atoms with Gasteiger partial charge in [0.1, 0.15) is 12.7 Å². The molecule has 144 valence electrons. The van der Waals surface area contributed by atoms with Crippen LogP contribution >= 0.6 is 0 Å². The number of alkyl halides is 5. The van der Waals surface area contributed by atoms with E-state index in [1.54, 1.807) is 0 Å². The van der Waals surface area contributed by atoms with Crippen molar-refractivity contribution in [3.63, 3.8) is 0 Å². The lowest BCUT2D eigenvalue weighted by molar-refractivity contribution is -0.291. The maximum absolute atomic E-state index is 13.3. The Labute approximate surface area is 142 Å². The van der Waals surface area contributed by atoms with Gasteiger partial charge in [0.25, 0.3) is 0 Å². The highest BCUT2D eigenvalue weighted by atomic mass is 19.4. The lowest BCUT2D eigenvalue weighted by Crippen LogP contribution is -2.42. The van der Waals surface area contributed by atoms with Crippen LogP contribution in [0.4, 0.5) is 22.0 Å². The summed E-state index contributed by atoms with van der Waals surface area (Å²) in [6, 6.07) is 0. The van der Waals surface area contributed by atoms with Gasteiger partial charge in [-0.3, -0.25) is 4.79 Å². The molecule has 1 atom stereocenters. The van der Waals surface area contributed by atoms with Gasteiger partial charge in [0.15, 0.2) is 0 Å². The zero-order valence-corrected chi connectivity index (χ0v) is 13.8. The second-order valence-corrected chi connectivity index (χ2v) is 6.18. The molecule has 4 nitrogen and oxygen atoms in total. The van der Waals surface area contributed by atoms with Crippen molar-refractivity contribution in [2.24, 2.45) is 5.92 Å². The number of hydrogen-bond donors (Lipinski definition) is 0. The van der Waals surface area contributed by atoms with E-state index >= 15 is 0 Å². The molecule has 1 aliphatic carbocycles. The van der Waals surface area contributed by atoms with Crippen molar-refractivity contribution in [2.45, 2.75) is 63.7 Å². The topological polar surface area (TPSA) is 52.6 Å². The van der Waals surface area contributed by atoms with E-state index in [0.29, 0.717) is 12.8 Å². The van der Waals surface area contributed by atoms with Crippen molar-refractivity contribution in [1.29, 1.82) is 0 Å². The van der Waals surface area contributed by atoms with E-state index in [1.807, 2.05) is 0 Å². The van der Waals surface area contributed by atoms with Crippen molar-refractivity contribution in [2.75, 3.05) is 6.61 Å². The summed E-state index contributed by atoms with van der Waals surface area (Å²) in [5, 5.41) is 0. The van der Waals surface area contributed by atoms with Gasteiger partial charge in [-0.2, -0.15) is 22.0 Å². The van der Waals surface area contributed by atoms with Crippen LogP contribution in [-0.2, 0) is 19.1 Å². The monoisotopic (exact) mass is 372 g/mol. The first-order valence-corrected chi connectivity index (χ1v) is 7.91. The fourth-order valence-electron chi connectivity index (χ4n) is 2.43. The Morgan fingerprint density at radius 2 is 1.68 bits per heavy atom. The average molecular weight is 372 g/mol. The minimum atomic E-state index is -5.79. The summed E-state index contributed by atoms with van der Waals surface area (Å²) >= 11 is 0. The summed E-state index contributed by atoms with van der Waals surface area (Å²) < 4.78 is 73.2. The molecule has 0 aromatic heterocycles. The number of esters is 2. The van der Waals surface area contributed by atoms with Gasteiger partial charge in [0, 0.05) is 5.57 Å². The van der Waals surface area contributed by atoms with Gasteiger partial charge in [0.05, 0.1) is 12.3 Å². The van der Waals surface area contributed by atoms with Crippen molar-refractivity contribution in [1.82, 2.24) is 0 Å². The Kier molecular flexibility index (Phi) is 7.37. The van der Waals surface area contributed by atoms with E-state index in [9.17, 15) is 31.5 Å². The second-order valence-electron chi connectivity index (χ2n) is 6.18. The summed E-state index contributed by atoms with van der Waals surface area (Å²) in [6.07, 6.45) is -6.06. The van der Waals surface area contributed by atoms with Crippen LogP contribution in [0.3, 0.4) is 0 Å². The van der Waals surface area contributed by atoms with Crippen LogP contribution in [0.5, 0.6) is 0 Å². The fourth-order valence-corrected chi connectivity index (χ4v) is 2.43. The molecule has 1 rings (SSSR count). The lowest BCUT2D eigenvalue weighted by atomic mass is 9.89. The van der Waals surface area contributed by atoms with Gasteiger partial charge in [-0.25, -0.2) is 4.79 Å². The zero-order valence-electron chi connectivity index (χ0n) is 13.8. The Hall–Kier alpha value is -1.67. The van der Waals surface area contributed by atoms with Crippen LogP contribution in [0.1, 0.15) is 45.4 Å². The summed E-state index contributed by atoms with van der Waals surface area (Å²) in [5.41, 5.74) is -0.0556. The molecular weight excluding hydrogens is 351 g/mol. The molecule has 1 fully saturated rings. The van der Waals surface area contributed by atoms with Gasteiger partial charge in [-0.15, -0.1) is 0 Å². The van der Waals surface area contributed by atoms with Crippen LogP contribution in [0.15, 0.2) is 12.2 Å². The van der Waals surface area contributed by atoms with Crippen molar-refractivity contribution in [3.8, 4) is 0 Å². The SMILES string of the molecule is C=C(C)C(=O)OCC(CC(F)(F)C(F)(F)F)OC(=O)C1CCCCC1. The van der Waals surface area contributed by atoms with Crippen LogP contribution in [0.25, 0.3) is 0 Å². The molecule has 1 saturated carbocycles. The molecule has 0 saturated heterocycles. The summed E-state index contributed by atoms with van der Waals surface area (Å²) in [7, 11) is 0. The molecule has 0 amide bonds. The van der Waals surface area contributed by atoms with Crippen LogP contribution in [-0.4, -0.2) is 36.7 Å². The minimum Gasteiger partial charge on any atom is -0.458 e. The first kappa shape index (κ1) is 21.4. The third kappa shape index (κ3) is 6.62. The van der Waals surface area contributed by atoms with Crippen molar-refractivity contribution in [3.05, 3.63) is 12.2 Å². The molecule has 0 heterocycles. The maximum atomic E-state index is 13.3. The summed E-state index contributed by atoms with van der Waals surface area (Å²) in [5.74, 6) is -7.41. The highest BCUT2D eigenvalue weighted by Gasteiger charge is 2.58. The van der Waals surface area contributed by atoms with E-state index < -0.39 is 49.1 Å². The normalized spacial score (nSPS) is 17.7. The van der Waals surface area contributed by atoms with Gasteiger partial charge < -0.3 is 9.47 Å². The quantitative estimate of drug-likeness (QED) is 0.382. The maximum Gasteiger partial charge on any atom is 0.453 e. The Morgan fingerprint density at radius 3 is 2.16 bits per heavy atom. The lowest BCUT2D eigenvalue weighted by Gasteiger charge is -2.27. The van der Waals surface area contributed by atoms with E-state index in [-0.39, 0.29) is 5.57 Å². The summed E-state index contributed by atoms with van der Waals surface area (Å²) in [4.78, 5) is 23.3. The Bertz CT molecular complexity index is 495. The number of rotatable bonds is 7. The number of ether oxygens (including phenoxy) is 2. The van der Waals surface area contributed by atoms with Gasteiger partial charge in [0.2, 0.25) is 0 Å². The molecule has 1 unspecified atom stereocenters. The molecular formula is C16H21F5O4. The number of carbonyl (C=O) groups excluding carboxylic acids is 2. The zero-order chi connectivity index (χ0) is 19.3. The van der Waals surface area contributed by atoms with Gasteiger partial charge in [-0.1, -0.05) is 25.8 Å². The molecule has 0 N–H and O–H groups in total. The molecule has 9 heteroatoms. The molecule has 0 aromatic rings. The molecule has 0 aliphatic heterocycles. The first-order valence-electron chi connectivity index (χ1n) is 7.91. The van der Waals surface area contributed by atoms with E-state index in [1.165, 1.54) is 6.92 Å². The molecule has 0 spiro atoms. The average Bonchev–Trinajstić information content (AvgIpc) is 2.51. The van der Waals surface area contributed by atoms with Crippen molar-refractivity contribution < 1.29 is 41.0 Å². The molecule has 0 aromatic carbocycles. The smallest absolute Gasteiger partial charge is 0.453 e. The number of carbonyl (C=O) groups is 2. The standard InChI is InChI=1S/C16H21F5O4/c1-10(2)13(22)24-9-12(8-15(17,18)16(19,20)21)25-14(23)11-6-4-3-5-7-11/h11-12H,1,3-9H2,2H3. The number of halogens is 5. The van der Waals surface area contributed by atoms with Gasteiger partial charge in [-0.05, 0) is 19.8 Å². The first-order chi connectivity index (χ1) is 11.4.